The van der Waals surface area contributed by atoms with Crippen LogP contribution in [0.4, 0.5) is 0 Å². The van der Waals surface area contributed by atoms with Crippen LogP contribution in [-0.4, -0.2) is 23.7 Å². The van der Waals surface area contributed by atoms with Gasteiger partial charge >= 0.3 is 11.9 Å². The van der Waals surface area contributed by atoms with Crippen molar-refractivity contribution in [3.63, 3.8) is 0 Å². The van der Waals surface area contributed by atoms with Crippen LogP contribution in [0.1, 0.15) is 60.3 Å². The Morgan fingerprint density at radius 1 is 1.17 bits per heavy atom. The topological polar surface area (TPSA) is 63.6 Å². The van der Waals surface area contributed by atoms with Gasteiger partial charge in [-0.3, -0.25) is 9.59 Å². The Kier molecular flexibility index (Phi) is 6.36. The molecule has 106 valence electrons. The molecule has 0 radical (unpaired) electrons. The number of hydrogen-bond donors (Lipinski definition) is 1. The van der Waals surface area contributed by atoms with Crippen LogP contribution in [0.3, 0.4) is 0 Å². The minimum Gasteiger partial charge on any atom is -0.481 e. The summed E-state index contributed by atoms with van der Waals surface area (Å²) >= 11 is 0. The molecule has 0 amide bonds. The maximum absolute atomic E-state index is 11.8. The normalized spacial score (nSPS) is 14.9. The van der Waals surface area contributed by atoms with E-state index in [0.717, 1.165) is 12.8 Å². The molecule has 0 fully saturated rings. The van der Waals surface area contributed by atoms with Crippen molar-refractivity contribution in [1.82, 2.24) is 0 Å². The standard InChI is InChI=1S/C14H26O4/c1-6-8-9-14(5,11(15)16)10-13(3,4)12(17)18-7-2/h6-10H2,1-5H3,(H,15,16). The third kappa shape index (κ3) is 4.67. The first-order valence-corrected chi connectivity index (χ1v) is 6.60. The van der Waals surface area contributed by atoms with Gasteiger partial charge in [-0.15, -0.1) is 0 Å². The molecule has 0 rings (SSSR count). The van der Waals surface area contributed by atoms with Gasteiger partial charge in [-0.1, -0.05) is 19.8 Å². The van der Waals surface area contributed by atoms with Crippen molar-refractivity contribution in [2.24, 2.45) is 10.8 Å². The van der Waals surface area contributed by atoms with E-state index in [-0.39, 0.29) is 5.97 Å². The predicted molar refractivity (Wildman–Crippen MR) is 70.3 cm³/mol. The first kappa shape index (κ1) is 16.9. The lowest BCUT2D eigenvalue weighted by Gasteiger charge is -2.33. The molecule has 0 aromatic heterocycles. The number of hydrogen-bond acceptors (Lipinski definition) is 3. The summed E-state index contributed by atoms with van der Waals surface area (Å²) < 4.78 is 5.00. The lowest BCUT2D eigenvalue weighted by atomic mass is 9.71. The highest BCUT2D eigenvalue weighted by Crippen LogP contribution is 2.38. The van der Waals surface area contributed by atoms with Gasteiger partial charge in [-0.25, -0.2) is 0 Å². The Balaban J connectivity index is 4.86. The van der Waals surface area contributed by atoms with E-state index in [1.165, 1.54) is 0 Å². The maximum atomic E-state index is 11.8. The number of carbonyl (C=O) groups is 2. The molecule has 0 bridgehead atoms. The number of carboxylic acids is 1. The summed E-state index contributed by atoms with van der Waals surface area (Å²) in [5.74, 6) is -1.16. The molecule has 0 saturated carbocycles. The fraction of sp³-hybridized carbons (Fsp3) is 0.857. The average molecular weight is 258 g/mol. The number of esters is 1. The molecule has 0 aromatic rings. The van der Waals surface area contributed by atoms with Crippen molar-refractivity contribution in [1.29, 1.82) is 0 Å². The summed E-state index contributed by atoms with van der Waals surface area (Å²) in [7, 11) is 0. The zero-order valence-corrected chi connectivity index (χ0v) is 12.2. The summed E-state index contributed by atoms with van der Waals surface area (Å²) in [4.78, 5) is 23.3. The Morgan fingerprint density at radius 3 is 2.11 bits per heavy atom. The maximum Gasteiger partial charge on any atom is 0.311 e. The molecular formula is C14H26O4. The molecule has 1 N–H and O–H groups in total. The van der Waals surface area contributed by atoms with Gasteiger partial charge < -0.3 is 9.84 Å². The second kappa shape index (κ2) is 6.76. The molecule has 0 aliphatic rings. The fourth-order valence-electron chi connectivity index (χ4n) is 2.21. The summed E-state index contributed by atoms with van der Waals surface area (Å²) in [6, 6.07) is 0. The minimum absolute atomic E-state index is 0.300. The highest BCUT2D eigenvalue weighted by atomic mass is 16.5. The van der Waals surface area contributed by atoms with E-state index < -0.39 is 16.8 Å². The second-order valence-corrected chi connectivity index (χ2v) is 5.75. The Morgan fingerprint density at radius 2 is 1.72 bits per heavy atom. The number of unbranched alkanes of at least 4 members (excludes halogenated alkanes) is 1. The molecule has 1 unspecified atom stereocenters. The van der Waals surface area contributed by atoms with Crippen LogP contribution in [-0.2, 0) is 14.3 Å². The molecule has 0 heterocycles. The SMILES string of the molecule is CCCCC(C)(CC(C)(C)C(=O)OCC)C(=O)O. The van der Waals surface area contributed by atoms with E-state index in [4.69, 9.17) is 4.74 Å². The van der Waals surface area contributed by atoms with E-state index in [9.17, 15) is 14.7 Å². The lowest BCUT2D eigenvalue weighted by Crippen LogP contribution is -2.38. The first-order chi connectivity index (χ1) is 8.19. The first-order valence-electron chi connectivity index (χ1n) is 6.60. The molecule has 18 heavy (non-hydrogen) atoms. The Bertz CT molecular complexity index is 296. The quantitative estimate of drug-likeness (QED) is 0.679. The van der Waals surface area contributed by atoms with Crippen molar-refractivity contribution in [3.8, 4) is 0 Å². The van der Waals surface area contributed by atoms with Crippen LogP contribution in [0, 0.1) is 10.8 Å². The van der Waals surface area contributed by atoms with Gasteiger partial charge in [-0.2, -0.15) is 0 Å². The third-order valence-corrected chi connectivity index (χ3v) is 3.26. The zero-order chi connectivity index (χ0) is 14.4. The molecule has 4 nitrogen and oxygen atoms in total. The van der Waals surface area contributed by atoms with Crippen molar-refractivity contribution < 1.29 is 19.4 Å². The number of ether oxygens (including phenoxy) is 1. The van der Waals surface area contributed by atoms with Crippen molar-refractivity contribution in [2.45, 2.75) is 60.3 Å². The molecule has 0 aliphatic heterocycles. The smallest absolute Gasteiger partial charge is 0.311 e. The summed E-state index contributed by atoms with van der Waals surface area (Å²) in [5.41, 5.74) is -1.64. The van der Waals surface area contributed by atoms with Crippen LogP contribution >= 0.6 is 0 Å². The van der Waals surface area contributed by atoms with Crippen molar-refractivity contribution in [3.05, 3.63) is 0 Å². The number of aliphatic carboxylic acids is 1. The Hall–Kier alpha value is -1.06. The molecule has 0 saturated heterocycles. The molecule has 0 spiro atoms. The fourth-order valence-corrected chi connectivity index (χ4v) is 2.21. The second-order valence-electron chi connectivity index (χ2n) is 5.75. The van der Waals surface area contributed by atoms with Crippen molar-refractivity contribution in [2.75, 3.05) is 6.61 Å². The summed E-state index contributed by atoms with van der Waals surface area (Å²) in [6.45, 7) is 9.31. The summed E-state index contributed by atoms with van der Waals surface area (Å²) in [6.07, 6.45) is 2.68. The largest absolute Gasteiger partial charge is 0.481 e. The zero-order valence-electron chi connectivity index (χ0n) is 12.2. The molecule has 0 aromatic carbocycles. The molecular weight excluding hydrogens is 232 g/mol. The van der Waals surface area contributed by atoms with Gasteiger partial charge in [-0.05, 0) is 40.5 Å². The van der Waals surface area contributed by atoms with Crippen LogP contribution in [0.2, 0.25) is 0 Å². The van der Waals surface area contributed by atoms with Crippen LogP contribution < -0.4 is 0 Å². The molecule has 0 aliphatic carbocycles. The number of carbonyl (C=O) groups excluding carboxylic acids is 1. The number of rotatable bonds is 8. The van der Waals surface area contributed by atoms with E-state index >= 15 is 0 Å². The van der Waals surface area contributed by atoms with Crippen molar-refractivity contribution >= 4 is 11.9 Å². The van der Waals surface area contributed by atoms with E-state index in [1.54, 1.807) is 27.7 Å². The van der Waals surface area contributed by atoms with Gasteiger partial charge in [0.25, 0.3) is 0 Å². The molecule has 1 atom stereocenters. The van der Waals surface area contributed by atoms with Gasteiger partial charge in [0, 0.05) is 0 Å². The van der Waals surface area contributed by atoms with Gasteiger partial charge in [0.15, 0.2) is 0 Å². The van der Waals surface area contributed by atoms with Gasteiger partial charge in [0.1, 0.15) is 0 Å². The number of carboxylic acid groups (broad SMARTS) is 1. The third-order valence-electron chi connectivity index (χ3n) is 3.26. The lowest BCUT2D eigenvalue weighted by molar-refractivity contribution is -0.159. The highest BCUT2D eigenvalue weighted by Gasteiger charge is 2.42. The molecule has 4 heteroatoms. The van der Waals surface area contributed by atoms with E-state index in [0.29, 0.717) is 19.4 Å². The van der Waals surface area contributed by atoms with Crippen LogP contribution in [0.15, 0.2) is 0 Å². The van der Waals surface area contributed by atoms with Crippen LogP contribution in [0.5, 0.6) is 0 Å². The van der Waals surface area contributed by atoms with Gasteiger partial charge in [0.05, 0.1) is 17.4 Å². The summed E-state index contributed by atoms with van der Waals surface area (Å²) in [5, 5.41) is 9.38. The average Bonchev–Trinajstić information content (AvgIpc) is 2.26. The van der Waals surface area contributed by atoms with Crippen LogP contribution in [0.25, 0.3) is 0 Å². The monoisotopic (exact) mass is 258 g/mol. The highest BCUT2D eigenvalue weighted by molar-refractivity contribution is 5.79. The van der Waals surface area contributed by atoms with Gasteiger partial charge in [0.2, 0.25) is 0 Å². The van der Waals surface area contributed by atoms with E-state index in [1.807, 2.05) is 6.92 Å². The Labute approximate surface area is 110 Å². The predicted octanol–water partition coefficient (Wildman–Crippen LogP) is 3.25. The minimum atomic E-state index is -0.869. The van der Waals surface area contributed by atoms with E-state index in [2.05, 4.69) is 0 Å².